The van der Waals surface area contributed by atoms with Gasteiger partial charge in [0.1, 0.15) is 6.04 Å². The summed E-state index contributed by atoms with van der Waals surface area (Å²) in [5, 5.41) is 3.48. The lowest BCUT2D eigenvalue weighted by Gasteiger charge is -2.29. The average Bonchev–Trinajstić information content (AvgIpc) is 2.72. The summed E-state index contributed by atoms with van der Waals surface area (Å²) >= 11 is 7.85. The molecule has 0 saturated heterocycles. The molecule has 2 aromatic rings. The molecule has 1 N–H and O–H groups in total. The average molecular weight is 433 g/mol. The van der Waals surface area contributed by atoms with Crippen molar-refractivity contribution < 1.29 is 9.59 Å². The largest absolute Gasteiger partial charge is 0.354 e. The third-order valence-electron chi connectivity index (χ3n) is 4.63. The van der Waals surface area contributed by atoms with Gasteiger partial charge in [-0.2, -0.15) is 0 Å². The van der Waals surface area contributed by atoms with Crippen molar-refractivity contribution in [3.05, 3.63) is 70.2 Å². The predicted octanol–water partition coefficient (Wildman–Crippen LogP) is 4.83. The molecule has 0 radical (unpaired) electrons. The molecule has 1 atom stereocenters. The highest BCUT2D eigenvalue weighted by Crippen LogP contribution is 2.20. The van der Waals surface area contributed by atoms with E-state index in [0.717, 1.165) is 17.7 Å². The predicted molar refractivity (Wildman–Crippen MR) is 122 cm³/mol. The van der Waals surface area contributed by atoms with E-state index in [4.69, 9.17) is 11.6 Å². The van der Waals surface area contributed by atoms with E-state index in [2.05, 4.69) is 36.5 Å². The van der Waals surface area contributed by atoms with E-state index in [1.54, 1.807) is 29.7 Å². The number of hydrogen-bond acceptors (Lipinski definition) is 3. The molecule has 2 amide bonds. The van der Waals surface area contributed by atoms with E-state index in [1.807, 2.05) is 25.1 Å². The summed E-state index contributed by atoms with van der Waals surface area (Å²) in [5.41, 5.74) is 3.23. The molecule has 0 saturated carbocycles. The quantitative estimate of drug-likeness (QED) is 0.585. The minimum atomic E-state index is -0.565. The van der Waals surface area contributed by atoms with Crippen LogP contribution in [0.5, 0.6) is 0 Å². The minimum Gasteiger partial charge on any atom is -0.354 e. The van der Waals surface area contributed by atoms with Gasteiger partial charge in [-0.25, -0.2) is 0 Å². The highest BCUT2D eigenvalue weighted by molar-refractivity contribution is 7.99. The normalized spacial score (nSPS) is 11.7. The summed E-state index contributed by atoms with van der Waals surface area (Å²) < 4.78 is 0. The minimum absolute atomic E-state index is 0.0684. The van der Waals surface area contributed by atoms with Crippen LogP contribution in [0.2, 0.25) is 5.02 Å². The van der Waals surface area contributed by atoms with Crippen molar-refractivity contribution in [2.75, 3.05) is 12.3 Å². The zero-order valence-electron chi connectivity index (χ0n) is 17.3. The molecule has 6 heteroatoms. The van der Waals surface area contributed by atoms with Crippen LogP contribution in [-0.4, -0.2) is 35.1 Å². The van der Waals surface area contributed by atoms with Crippen molar-refractivity contribution in [1.82, 2.24) is 10.2 Å². The van der Waals surface area contributed by atoms with Crippen molar-refractivity contribution >= 4 is 35.2 Å². The molecule has 0 aliphatic rings. The Morgan fingerprint density at radius 1 is 1.14 bits per heavy atom. The summed E-state index contributed by atoms with van der Waals surface area (Å²) in [6.07, 6.45) is 0.851. The van der Waals surface area contributed by atoms with Crippen LogP contribution in [0, 0.1) is 6.92 Å². The maximum Gasteiger partial charge on any atom is 0.242 e. The van der Waals surface area contributed by atoms with Crippen LogP contribution in [0.4, 0.5) is 0 Å². The summed E-state index contributed by atoms with van der Waals surface area (Å²) in [5.74, 6) is 0.850. The fourth-order valence-corrected chi connectivity index (χ4v) is 3.88. The summed E-state index contributed by atoms with van der Waals surface area (Å²) in [6.45, 7) is 6.73. The molecule has 0 fully saturated rings. The molecule has 0 unspecified atom stereocenters. The summed E-state index contributed by atoms with van der Waals surface area (Å²) in [6, 6.07) is 15.2. The first-order valence-electron chi connectivity index (χ1n) is 9.86. The van der Waals surface area contributed by atoms with Gasteiger partial charge in [0.15, 0.2) is 0 Å². The first-order chi connectivity index (χ1) is 13.9. The van der Waals surface area contributed by atoms with Gasteiger partial charge in [-0.1, -0.05) is 66.6 Å². The number of nitrogens with zero attached hydrogens (tertiary/aromatic N) is 1. The molecular weight excluding hydrogens is 404 g/mol. The third-order valence-corrected chi connectivity index (χ3v) is 5.99. The zero-order chi connectivity index (χ0) is 21.2. The Hall–Kier alpha value is -1.98. The third kappa shape index (κ3) is 7.41. The highest BCUT2D eigenvalue weighted by atomic mass is 35.5. The molecule has 0 heterocycles. The number of thioether (sulfide) groups is 1. The lowest BCUT2D eigenvalue weighted by atomic mass is 10.1. The number of benzene rings is 2. The fourth-order valence-electron chi connectivity index (χ4n) is 2.81. The maximum absolute atomic E-state index is 13.0. The van der Waals surface area contributed by atoms with Crippen LogP contribution in [-0.2, 0) is 21.9 Å². The van der Waals surface area contributed by atoms with Crippen LogP contribution in [0.25, 0.3) is 0 Å². The molecule has 0 aromatic heterocycles. The van der Waals surface area contributed by atoms with Crippen molar-refractivity contribution in [2.45, 2.75) is 45.5 Å². The Balaban J connectivity index is 2.05. The van der Waals surface area contributed by atoms with Gasteiger partial charge in [0, 0.05) is 23.9 Å². The molecule has 0 aliphatic heterocycles. The van der Waals surface area contributed by atoms with Crippen LogP contribution in [0.1, 0.15) is 37.0 Å². The number of nitrogens with one attached hydrogen (secondary N) is 1. The smallest absolute Gasteiger partial charge is 0.242 e. The van der Waals surface area contributed by atoms with Gasteiger partial charge in [0.25, 0.3) is 0 Å². The molecule has 156 valence electrons. The van der Waals surface area contributed by atoms with Crippen molar-refractivity contribution in [1.29, 1.82) is 0 Å². The Labute approximate surface area is 183 Å². The Bertz CT molecular complexity index is 811. The number of halogens is 1. The van der Waals surface area contributed by atoms with Crippen molar-refractivity contribution in [2.24, 2.45) is 0 Å². The van der Waals surface area contributed by atoms with Crippen LogP contribution < -0.4 is 5.32 Å². The van der Waals surface area contributed by atoms with Crippen molar-refractivity contribution in [3.63, 3.8) is 0 Å². The van der Waals surface area contributed by atoms with Gasteiger partial charge < -0.3 is 10.2 Å². The highest BCUT2D eigenvalue weighted by Gasteiger charge is 2.26. The molecular formula is C23H29ClN2O2S. The standard InChI is InChI=1S/C23H29ClN2O2S/c1-4-13-25-23(28)18(3)26(14-20-7-5-6-8-21(20)24)22(27)16-29-15-19-11-9-17(2)10-12-19/h5-12,18H,4,13-16H2,1-3H3,(H,25,28)/t18-/m1/s1. The van der Waals surface area contributed by atoms with E-state index in [0.29, 0.717) is 23.9 Å². The first-order valence-corrected chi connectivity index (χ1v) is 11.4. The number of carbonyl (C=O) groups excluding carboxylic acids is 2. The second kappa shape index (κ2) is 11.9. The number of carbonyl (C=O) groups is 2. The Morgan fingerprint density at radius 3 is 2.48 bits per heavy atom. The molecule has 0 aliphatic carbocycles. The van der Waals surface area contributed by atoms with E-state index in [-0.39, 0.29) is 11.8 Å². The number of rotatable bonds is 10. The Kier molecular flexibility index (Phi) is 9.55. The van der Waals surface area contributed by atoms with E-state index in [9.17, 15) is 9.59 Å². The van der Waals surface area contributed by atoms with Gasteiger partial charge in [-0.15, -0.1) is 11.8 Å². The number of amides is 2. The van der Waals surface area contributed by atoms with Gasteiger partial charge in [-0.3, -0.25) is 9.59 Å². The van der Waals surface area contributed by atoms with Gasteiger partial charge in [-0.05, 0) is 37.5 Å². The SMILES string of the molecule is CCCNC(=O)[C@@H](C)N(Cc1ccccc1Cl)C(=O)CSCc1ccc(C)cc1. The molecule has 2 rings (SSSR count). The molecule has 4 nitrogen and oxygen atoms in total. The zero-order valence-corrected chi connectivity index (χ0v) is 18.9. The number of aryl methyl sites for hydroxylation is 1. The second-order valence-electron chi connectivity index (χ2n) is 7.06. The maximum atomic E-state index is 13.0. The van der Waals surface area contributed by atoms with E-state index < -0.39 is 6.04 Å². The monoisotopic (exact) mass is 432 g/mol. The van der Waals surface area contributed by atoms with E-state index in [1.165, 1.54) is 11.1 Å². The second-order valence-corrected chi connectivity index (χ2v) is 8.45. The fraction of sp³-hybridized carbons (Fsp3) is 0.391. The first kappa shape index (κ1) is 23.3. The van der Waals surface area contributed by atoms with E-state index >= 15 is 0 Å². The van der Waals surface area contributed by atoms with Crippen LogP contribution in [0.15, 0.2) is 48.5 Å². The topological polar surface area (TPSA) is 49.4 Å². The molecule has 29 heavy (non-hydrogen) atoms. The lowest BCUT2D eigenvalue weighted by Crippen LogP contribution is -2.48. The molecule has 0 spiro atoms. The molecule has 0 bridgehead atoms. The van der Waals surface area contributed by atoms with Gasteiger partial charge >= 0.3 is 0 Å². The van der Waals surface area contributed by atoms with Crippen LogP contribution >= 0.6 is 23.4 Å². The summed E-state index contributed by atoms with van der Waals surface area (Å²) in [4.78, 5) is 27.1. The molecule has 2 aromatic carbocycles. The number of hydrogen-bond donors (Lipinski definition) is 1. The summed E-state index contributed by atoms with van der Waals surface area (Å²) in [7, 11) is 0. The van der Waals surface area contributed by atoms with Crippen molar-refractivity contribution in [3.8, 4) is 0 Å². The lowest BCUT2D eigenvalue weighted by molar-refractivity contribution is -0.138. The Morgan fingerprint density at radius 2 is 1.83 bits per heavy atom. The van der Waals surface area contributed by atoms with Gasteiger partial charge in [0.2, 0.25) is 11.8 Å². The van der Waals surface area contributed by atoms with Gasteiger partial charge in [0.05, 0.1) is 5.75 Å². The van der Waals surface area contributed by atoms with Crippen LogP contribution in [0.3, 0.4) is 0 Å².